The van der Waals surface area contributed by atoms with Crippen molar-refractivity contribution in [3.8, 4) is 0 Å². The molecule has 0 radical (unpaired) electrons. The first-order valence-corrected chi connectivity index (χ1v) is 7.44. The van der Waals surface area contributed by atoms with Gasteiger partial charge in [0.15, 0.2) is 5.84 Å². The third-order valence-electron chi connectivity index (χ3n) is 3.81. The highest BCUT2D eigenvalue weighted by molar-refractivity contribution is 5.97. The number of nitrogens with one attached hydrogen (secondary N) is 1. The Morgan fingerprint density at radius 1 is 1.43 bits per heavy atom. The van der Waals surface area contributed by atoms with E-state index >= 15 is 0 Å². The number of aryl methyl sites for hydroxylation is 1. The third-order valence-corrected chi connectivity index (χ3v) is 3.81. The minimum absolute atomic E-state index is 0.148. The van der Waals surface area contributed by atoms with Crippen molar-refractivity contribution in [2.24, 2.45) is 10.9 Å². The lowest BCUT2D eigenvalue weighted by molar-refractivity contribution is 0.269. The van der Waals surface area contributed by atoms with Crippen LogP contribution in [-0.4, -0.2) is 42.1 Å². The SMILES string of the molecule is Cc1cc(/C(N)=N/O)ccc1CNCCCN(C)C(C)C. The maximum Gasteiger partial charge on any atom is 0.170 e. The first-order chi connectivity index (χ1) is 9.95. The fourth-order valence-corrected chi connectivity index (χ4v) is 2.05. The zero-order valence-corrected chi connectivity index (χ0v) is 13.6. The largest absolute Gasteiger partial charge is 0.409 e. The van der Waals surface area contributed by atoms with Crippen LogP contribution < -0.4 is 11.1 Å². The van der Waals surface area contributed by atoms with Crippen LogP contribution in [0.25, 0.3) is 0 Å². The highest BCUT2D eigenvalue weighted by atomic mass is 16.4. The van der Waals surface area contributed by atoms with Gasteiger partial charge in [-0.05, 0) is 64.5 Å². The molecule has 0 unspecified atom stereocenters. The van der Waals surface area contributed by atoms with Gasteiger partial charge in [0.05, 0.1) is 0 Å². The molecule has 0 saturated carbocycles. The summed E-state index contributed by atoms with van der Waals surface area (Å²) in [5, 5.41) is 15.2. The van der Waals surface area contributed by atoms with Gasteiger partial charge in [-0.1, -0.05) is 17.3 Å². The molecule has 0 aromatic heterocycles. The number of nitrogens with zero attached hydrogens (tertiary/aromatic N) is 2. The van der Waals surface area contributed by atoms with Gasteiger partial charge < -0.3 is 21.2 Å². The van der Waals surface area contributed by atoms with Gasteiger partial charge in [0, 0.05) is 18.2 Å². The molecular weight excluding hydrogens is 264 g/mol. The number of nitrogens with two attached hydrogens (primary N) is 1. The number of hydrogen-bond donors (Lipinski definition) is 3. The second kappa shape index (κ2) is 8.64. The van der Waals surface area contributed by atoms with Crippen LogP contribution in [-0.2, 0) is 6.54 Å². The Hall–Kier alpha value is -1.59. The fraction of sp³-hybridized carbons (Fsp3) is 0.562. The van der Waals surface area contributed by atoms with Gasteiger partial charge in [-0.2, -0.15) is 0 Å². The van der Waals surface area contributed by atoms with E-state index in [-0.39, 0.29) is 5.84 Å². The molecule has 0 spiro atoms. The van der Waals surface area contributed by atoms with E-state index in [4.69, 9.17) is 10.9 Å². The summed E-state index contributed by atoms with van der Waals surface area (Å²) in [5.74, 6) is 0.148. The van der Waals surface area contributed by atoms with Crippen LogP contribution >= 0.6 is 0 Å². The first kappa shape index (κ1) is 17.5. The summed E-state index contributed by atoms with van der Waals surface area (Å²) in [5.41, 5.74) is 8.71. The molecule has 0 saturated heterocycles. The van der Waals surface area contributed by atoms with E-state index in [9.17, 15) is 0 Å². The smallest absolute Gasteiger partial charge is 0.170 e. The predicted molar refractivity (Wildman–Crippen MR) is 87.8 cm³/mol. The standard InChI is InChI=1S/C16H28N4O/c1-12(2)20(4)9-5-8-18-11-15-7-6-14(10-13(15)3)16(17)19-21/h6-7,10,12,18,21H,5,8-9,11H2,1-4H3,(H2,17,19). The summed E-state index contributed by atoms with van der Waals surface area (Å²) < 4.78 is 0. The van der Waals surface area contributed by atoms with Crippen molar-refractivity contribution in [2.75, 3.05) is 20.1 Å². The Morgan fingerprint density at radius 3 is 2.71 bits per heavy atom. The van der Waals surface area contributed by atoms with Crippen molar-refractivity contribution >= 4 is 5.84 Å². The van der Waals surface area contributed by atoms with E-state index in [0.29, 0.717) is 6.04 Å². The average Bonchev–Trinajstić information content (AvgIpc) is 2.47. The van der Waals surface area contributed by atoms with E-state index in [1.807, 2.05) is 25.1 Å². The minimum atomic E-state index is 0.148. The molecule has 0 aliphatic carbocycles. The van der Waals surface area contributed by atoms with E-state index in [0.717, 1.165) is 37.2 Å². The van der Waals surface area contributed by atoms with Crippen molar-refractivity contribution in [3.05, 3.63) is 34.9 Å². The highest BCUT2D eigenvalue weighted by Crippen LogP contribution is 2.11. The number of rotatable bonds is 8. The summed E-state index contributed by atoms with van der Waals surface area (Å²) in [4.78, 5) is 2.35. The summed E-state index contributed by atoms with van der Waals surface area (Å²) in [6.45, 7) is 9.40. The normalized spacial score (nSPS) is 12.4. The molecule has 4 N–H and O–H groups in total. The van der Waals surface area contributed by atoms with Crippen molar-refractivity contribution in [2.45, 2.75) is 39.8 Å². The Balaban J connectivity index is 2.39. The number of amidine groups is 1. The maximum atomic E-state index is 8.68. The molecule has 21 heavy (non-hydrogen) atoms. The summed E-state index contributed by atoms with van der Waals surface area (Å²) in [6.07, 6.45) is 1.13. The van der Waals surface area contributed by atoms with E-state index in [1.54, 1.807) is 0 Å². The van der Waals surface area contributed by atoms with Crippen LogP contribution in [0.3, 0.4) is 0 Å². The minimum Gasteiger partial charge on any atom is -0.409 e. The van der Waals surface area contributed by atoms with Crippen LogP contribution in [0.2, 0.25) is 0 Å². The van der Waals surface area contributed by atoms with Gasteiger partial charge in [-0.15, -0.1) is 0 Å². The molecule has 5 nitrogen and oxygen atoms in total. The van der Waals surface area contributed by atoms with Gasteiger partial charge in [-0.3, -0.25) is 0 Å². The zero-order chi connectivity index (χ0) is 15.8. The molecule has 1 aromatic carbocycles. The Kier molecular flexibility index (Phi) is 7.19. The molecule has 5 heteroatoms. The van der Waals surface area contributed by atoms with Gasteiger partial charge in [0.25, 0.3) is 0 Å². The van der Waals surface area contributed by atoms with Crippen molar-refractivity contribution in [1.29, 1.82) is 0 Å². The second-order valence-electron chi connectivity index (χ2n) is 5.73. The lowest BCUT2D eigenvalue weighted by atomic mass is 10.0. The highest BCUT2D eigenvalue weighted by Gasteiger charge is 2.04. The van der Waals surface area contributed by atoms with Crippen molar-refractivity contribution in [3.63, 3.8) is 0 Å². The lowest BCUT2D eigenvalue weighted by Gasteiger charge is -2.20. The van der Waals surface area contributed by atoms with Crippen LogP contribution in [0.15, 0.2) is 23.4 Å². The third kappa shape index (κ3) is 5.73. The van der Waals surface area contributed by atoms with Crippen LogP contribution in [0.1, 0.15) is 37.0 Å². The molecule has 1 aromatic rings. The van der Waals surface area contributed by atoms with Gasteiger partial charge in [-0.25, -0.2) is 0 Å². The van der Waals surface area contributed by atoms with Crippen molar-refractivity contribution < 1.29 is 5.21 Å². The van der Waals surface area contributed by atoms with Gasteiger partial charge >= 0.3 is 0 Å². The number of benzene rings is 1. The Bertz CT molecular complexity index is 471. The molecular formula is C16H28N4O. The van der Waals surface area contributed by atoms with Crippen LogP contribution in [0.5, 0.6) is 0 Å². The Morgan fingerprint density at radius 2 is 2.14 bits per heavy atom. The predicted octanol–water partition coefficient (Wildman–Crippen LogP) is 1.91. The molecule has 0 amide bonds. The molecule has 0 aliphatic rings. The molecule has 1 rings (SSSR count). The number of oxime groups is 1. The number of hydrogen-bond acceptors (Lipinski definition) is 4. The molecule has 0 atom stereocenters. The van der Waals surface area contributed by atoms with E-state index < -0.39 is 0 Å². The van der Waals surface area contributed by atoms with Gasteiger partial charge in [0.1, 0.15) is 0 Å². The van der Waals surface area contributed by atoms with Crippen LogP contribution in [0, 0.1) is 6.92 Å². The lowest BCUT2D eigenvalue weighted by Crippen LogP contribution is -2.29. The van der Waals surface area contributed by atoms with Crippen molar-refractivity contribution in [1.82, 2.24) is 10.2 Å². The van der Waals surface area contributed by atoms with E-state index in [1.165, 1.54) is 5.56 Å². The first-order valence-electron chi connectivity index (χ1n) is 7.44. The molecule has 118 valence electrons. The molecule has 0 aliphatic heterocycles. The topological polar surface area (TPSA) is 73.9 Å². The summed E-state index contributed by atoms with van der Waals surface area (Å²) in [7, 11) is 2.15. The quantitative estimate of drug-likeness (QED) is 0.225. The Labute approximate surface area is 127 Å². The maximum absolute atomic E-state index is 8.68. The van der Waals surface area contributed by atoms with Gasteiger partial charge in [0.2, 0.25) is 0 Å². The molecule has 0 fully saturated rings. The van der Waals surface area contributed by atoms with E-state index in [2.05, 4.69) is 36.3 Å². The fourth-order valence-electron chi connectivity index (χ4n) is 2.05. The summed E-state index contributed by atoms with van der Waals surface area (Å²) in [6, 6.07) is 6.44. The monoisotopic (exact) mass is 292 g/mol. The second-order valence-corrected chi connectivity index (χ2v) is 5.73. The molecule has 0 bridgehead atoms. The van der Waals surface area contributed by atoms with Crippen LogP contribution in [0.4, 0.5) is 0 Å². The average molecular weight is 292 g/mol. The summed E-state index contributed by atoms with van der Waals surface area (Å²) >= 11 is 0. The zero-order valence-electron chi connectivity index (χ0n) is 13.6. The molecule has 0 heterocycles.